The molecule has 0 amide bonds. The van der Waals surface area contributed by atoms with Crippen molar-refractivity contribution in [2.75, 3.05) is 5.75 Å². The van der Waals surface area contributed by atoms with Gasteiger partial charge in [0.25, 0.3) is 0 Å². The van der Waals surface area contributed by atoms with Crippen LogP contribution in [0, 0.1) is 0 Å². The van der Waals surface area contributed by atoms with Gasteiger partial charge < -0.3 is 10.8 Å². The van der Waals surface area contributed by atoms with Gasteiger partial charge in [-0.3, -0.25) is 4.79 Å². The van der Waals surface area contributed by atoms with Crippen LogP contribution in [0.1, 0.15) is 0 Å². The van der Waals surface area contributed by atoms with E-state index in [1.807, 2.05) is 0 Å². The van der Waals surface area contributed by atoms with Crippen molar-refractivity contribution in [3.8, 4) is 0 Å². The molecule has 3 N–H and O–H groups in total. The summed E-state index contributed by atoms with van der Waals surface area (Å²) in [6, 6.07) is -1.74. The van der Waals surface area contributed by atoms with Crippen molar-refractivity contribution >= 4 is 17.7 Å². The van der Waals surface area contributed by atoms with E-state index in [0.29, 0.717) is 0 Å². The van der Waals surface area contributed by atoms with Crippen LogP contribution in [0.25, 0.3) is 0 Å². The number of aliphatic carboxylic acids is 1. The SMILES string of the molecule is NC(CSC(F)(F)C(F)(F)F)C(=O)O. The first-order valence-corrected chi connectivity index (χ1v) is 4.13. The van der Waals surface area contributed by atoms with Crippen molar-refractivity contribution in [3.63, 3.8) is 0 Å². The van der Waals surface area contributed by atoms with Crippen LogP contribution in [-0.2, 0) is 4.79 Å². The van der Waals surface area contributed by atoms with Crippen molar-refractivity contribution in [3.05, 3.63) is 0 Å². The maximum atomic E-state index is 12.1. The van der Waals surface area contributed by atoms with E-state index in [9.17, 15) is 26.7 Å². The van der Waals surface area contributed by atoms with Crippen molar-refractivity contribution < 1.29 is 31.9 Å². The molecule has 0 heterocycles. The van der Waals surface area contributed by atoms with Crippen LogP contribution in [-0.4, -0.2) is 34.3 Å². The molecule has 0 aliphatic rings. The minimum absolute atomic E-state index is 0.842. The Hall–Kier alpha value is -0.570. The quantitative estimate of drug-likeness (QED) is 0.725. The fourth-order valence-electron chi connectivity index (χ4n) is 0.348. The average Bonchev–Trinajstić information content (AvgIpc) is 1.97. The molecule has 0 rings (SSSR count). The summed E-state index contributed by atoms with van der Waals surface area (Å²) in [7, 11) is 0. The van der Waals surface area contributed by atoms with E-state index < -0.39 is 41.0 Å². The van der Waals surface area contributed by atoms with E-state index in [4.69, 9.17) is 10.8 Å². The highest BCUT2D eigenvalue weighted by Gasteiger charge is 2.58. The molecule has 84 valence electrons. The van der Waals surface area contributed by atoms with Gasteiger partial charge in [0, 0.05) is 5.75 Å². The summed E-state index contributed by atoms with van der Waals surface area (Å²) in [5, 5.41) is 3.15. The zero-order valence-corrected chi connectivity index (χ0v) is 7.33. The zero-order valence-electron chi connectivity index (χ0n) is 6.52. The Morgan fingerprint density at radius 2 is 1.79 bits per heavy atom. The molecule has 0 aromatic heterocycles. The van der Waals surface area contributed by atoms with Crippen molar-refractivity contribution in [1.29, 1.82) is 0 Å². The lowest BCUT2D eigenvalue weighted by Crippen LogP contribution is -2.38. The number of hydrogen-bond acceptors (Lipinski definition) is 3. The number of hydrogen-bond donors (Lipinski definition) is 2. The molecule has 0 fully saturated rings. The normalized spacial score (nSPS) is 15.3. The molecule has 0 radical (unpaired) electrons. The van der Waals surface area contributed by atoms with Gasteiger partial charge >= 0.3 is 17.4 Å². The predicted molar refractivity (Wildman–Crippen MR) is 39.1 cm³/mol. The standard InChI is InChI=1S/C5H6F5NO2S/c6-4(7,8)5(9,10)14-1-2(11)3(12)13/h2H,1,11H2,(H,12,13). The van der Waals surface area contributed by atoms with Crippen molar-refractivity contribution in [1.82, 2.24) is 0 Å². The lowest BCUT2D eigenvalue weighted by Gasteiger charge is -2.19. The van der Waals surface area contributed by atoms with Crippen LogP contribution in [0.2, 0.25) is 0 Å². The van der Waals surface area contributed by atoms with E-state index in [1.54, 1.807) is 0 Å². The molecule has 14 heavy (non-hydrogen) atoms. The number of carboxylic acid groups (broad SMARTS) is 1. The fraction of sp³-hybridized carbons (Fsp3) is 0.800. The zero-order chi connectivity index (χ0) is 11.6. The number of carbonyl (C=O) groups is 1. The van der Waals surface area contributed by atoms with E-state index in [1.165, 1.54) is 0 Å². The maximum Gasteiger partial charge on any atom is 0.464 e. The number of halogens is 5. The van der Waals surface area contributed by atoms with Gasteiger partial charge in [0.1, 0.15) is 6.04 Å². The van der Waals surface area contributed by atoms with Gasteiger partial charge in [0.05, 0.1) is 0 Å². The Labute approximate surface area is 79.4 Å². The molecule has 0 saturated carbocycles. The number of nitrogens with two attached hydrogens (primary N) is 1. The molecule has 9 heteroatoms. The molecule has 0 aliphatic heterocycles. The van der Waals surface area contributed by atoms with Gasteiger partial charge in [-0.2, -0.15) is 22.0 Å². The molecule has 0 aromatic carbocycles. The second-order valence-corrected chi connectivity index (χ2v) is 3.41. The summed E-state index contributed by atoms with van der Waals surface area (Å²) < 4.78 is 58.9. The van der Waals surface area contributed by atoms with E-state index in [2.05, 4.69) is 0 Å². The maximum absolute atomic E-state index is 12.1. The molecule has 0 aliphatic carbocycles. The molecular weight excluding hydrogens is 233 g/mol. The van der Waals surface area contributed by atoms with Gasteiger partial charge in [0.2, 0.25) is 0 Å². The van der Waals surface area contributed by atoms with E-state index in [0.717, 1.165) is 0 Å². The van der Waals surface area contributed by atoms with Gasteiger partial charge in [-0.05, 0) is 0 Å². The molecule has 3 nitrogen and oxygen atoms in total. The lowest BCUT2D eigenvalue weighted by atomic mass is 10.4. The Balaban J connectivity index is 4.20. The van der Waals surface area contributed by atoms with Crippen LogP contribution >= 0.6 is 11.8 Å². The van der Waals surface area contributed by atoms with Gasteiger partial charge in [0.15, 0.2) is 0 Å². The molecule has 1 unspecified atom stereocenters. The first-order chi connectivity index (χ1) is 6.08. The predicted octanol–water partition coefficient (Wildman–Crippen LogP) is 1.29. The van der Waals surface area contributed by atoms with Gasteiger partial charge in [-0.1, -0.05) is 11.8 Å². The monoisotopic (exact) mass is 239 g/mol. The van der Waals surface area contributed by atoms with E-state index >= 15 is 0 Å². The first kappa shape index (κ1) is 13.4. The second-order valence-electron chi connectivity index (χ2n) is 2.27. The molecule has 1 atom stereocenters. The Morgan fingerprint density at radius 3 is 2.07 bits per heavy atom. The van der Waals surface area contributed by atoms with E-state index in [-0.39, 0.29) is 0 Å². The molecular formula is C5H6F5NO2S. The Morgan fingerprint density at radius 1 is 1.36 bits per heavy atom. The summed E-state index contributed by atoms with van der Waals surface area (Å²) in [5.74, 6) is -2.64. The average molecular weight is 239 g/mol. The summed E-state index contributed by atoms with van der Waals surface area (Å²) in [5.41, 5.74) is 4.75. The molecule has 0 bridgehead atoms. The molecule has 0 saturated heterocycles. The molecule has 0 aromatic rings. The number of carboxylic acids is 1. The van der Waals surface area contributed by atoms with Crippen LogP contribution in [0.3, 0.4) is 0 Å². The Bertz CT molecular complexity index is 219. The second kappa shape index (κ2) is 4.30. The topological polar surface area (TPSA) is 63.3 Å². The largest absolute Gasteiger partial charge is 0.480 e. The number of thioether (sulfide) groups is 1. The highest BCUT2D eigenvalue weighted by molar-refractivity contribution is 8.00. The number of rotatable bonds is 4. The van der Waals surface area contributed by atoms with Crippen molar-refractivity contribution in [2.24, 2.45) is 5.73 Å². The first-order valence-electron chi connectivity index (χ1n) is 3.15. The minimum atomic E-state index is -5.70. The highest BCUT2D eigenvalue weighted by atomic mass is 32.2. The summed E-state index contributed by atoms with van der Waals surface area (Å²) in [4.78, 5) is 10.0. The number of alkyl halides is 5. The lowest BCUT2D eigenvalue weighted by molar-refractivity contribution is -0.237. The summed E-state index contributed by atoms with van der Waals surface area (Å²) >= 11 is -0.842. The summed E-state index contributed by atoms with van der Waals surface area (Å²) in [6.07, 6.45) is -5.70. The molecule has 0 spiro atoms. The van der Waals surface area contributed by atoms with Gasteiger partial charge in [-0.25, -0.2) is 0 Å². The fourth-order valence-corrected chi connectivity index (χ4v) is 1.04. The van der Waals surface area contributed by atoms with Crippen LogP contribution in [0.5, 0.6) is 0 Å². The van der Waals surface area contributed by atoms with Crippen molar-refractivity contribution in [2.45, 2.75) is 17.5 Å². The third kappa shape index (κ3) is 3.66. The third-order valence-corrected chi connectivity index (χ3v) is 2.21. The van der Waals surface area contributed by atoms with Crippen LogP contribution in [0.15, 0.2) is 0 Å². The summed E-state index contributed by atoms with van der Waals surface area (Å²) in [6.45, 7) is 0. The van der Waals surface area contributed by atoms with Crippen LogP contribution < -0.4 is 5.73 Å². The van der Waals surface area contributed by atoms with Gasteiger partial charge in [-0.15, -0.1) is 0 Å². The highest BCUT2D eigenvalue weighted by Crippen LogP contribution is 2.44. The Kier molecular flexibility index (Phi) is 4.13. The van der Waals surface area contributed by atoms with Crippen LogP contribution in [0.4, 0.5) is 22.0 Å². The smallest absolute Gasteiger partial charge is 0.464 e. The third-order valence-electron chi connectivity index (χ3n) is 1.09. The minimum Gasteiger partial charge on any atom is -0.480 e.